The molecule has 0 fully saturated rings. The van der Waals surface area contributed by atoms with Crippen LogP contribution in [-0.4, -0.2) is 0 Å². The summed E-state index contributed by atoms with van der Waals surface area (Å²) in [7, 11) is 0. The van der Waals surface area contributed by atoms with Gasteiger partial charge in [-0.3, -0.25) is 0 Å². The Morgan fingerprint density at radius 1 is 1.44 bits per heavy atom. The lowest BCUT2D eigenvalue weighted by Gasteiger charge is -2.09. The molecular weight excluding hydrogens is 354 g/mol. The normalized spacial score (nSPS) is 12.9. The Balaban J connectivity index is 1.91. The Hall–Kier alpha value is -0.100. The molecule has 5 heteroatoms. The summed E-state index contributed by atoms with van der Waals surface area (Å²) in [6.45, 7) is 2.95. The predicted molar refractivity (Wildman–Crippen MR) is 73.7 cm³/mol. The zero-order chi connectivity index (χ0) is 11.5. The average Bonchev–Trinajstić information content (AvgIpc) is 2.84. The van der Waals surface area contributed by atoms with Gasteiger partial charge in [-0.1, -0.05) is 0 Å². The van der Waals surface area contributed by atoms with Gasteiger partial charge in [-0.15, -0.1) is 11.3 Å². The Morgan fingerprint density at radius 2 is 2.25 bits per heavy atom. The molecule has 0 saturated carbocycles. The maximum atomic E-state index is 5.49. The van der Waals surface area contributed by atoms with Gasteiger partial charge in [0.2, 0.25) is 0 Å². The highest BCUT2D eigenvalue weighted by Gasteiger charge is 2.09. The SMILES string of the molecule is CC(NCc1cc(Br)cs1)c1ccc(Br)o1. The van der Waals surface area contributed by atoms with E-state index in [1.54, 1.807) is 11.3 Å². The van der Waals surface area contributed by atoms with Crippen molar-refractivity contribution in [1.82, 2.24) is 5.32 Å². The van der Waals surface area contributed by atoms with E-state index in [1.807, 2.05) is 12.1 Å². The van der Waals surface area contributed by atoms with E-state index in [4.69, 9.17) is 4.42 Å². The molecule has 1 N–H and O–H groups in total. The lowest BCUT2D eigenvalue weighted by Crippen LogP contribution is -2.16. The lowest BCUT2D eigenvalue weighted by atomic mass is 10.2. The highest BCUT2D eigenvalue weighted by Crippen LogP contribution is 2.22. The minimum Gasteiger partial charge on any atom is -0.453 e. The van der Waals surface area contributed by atoms with Crippen LogP contribution >= 0.6 is 43.2 Å². The fourth-order valence-corrected chi connectivity index (χ4v) is 3.08. The molecule has 1 atom stereocenters. The molecule has 0 aliphatic heterocycles. The smallest absolute Gasteiger partial charge is 0.169 e. The molecule has 2 nitrogen and oxygen atoms in total. The van der Waals surface area contributed by atoms with Crippen molar-refractivity contribution in [2.24, 2.45) is 0 Å². The van der Waals surface area contributed by atoms with Crippen LogP contribution in [0.4, 0.5) is 0 Å². The maximum Gasteiger partial charge on any atom is 0.169 e. The van der Waals surface area contributed by atoms with E-state index in [1.165, 1.54) is 4.88 Å². The van der Waals surface area contributed by atoms with Crippen molar-refractivity contribution < 1.29 is 4.42 Å². The van der Waals surface area contributed by atoms with Gasteiger partial charge in [0.15, 0.2) is 4.67 Å². The first-order valence-electron chi connectivity index (χ1n) is 4.86. The van der Waals surface area contributed by atoms with Crippen LogP contribution in [0.1, 0.15) is 23.6 Å². The molecule has 0 spiro atoms. The minimum atomic E-state index is 0.215. The van der Waals surface area contributed by atoms with Gasteiger partial charge < -0.3 is 9.73 Å². The summed E-state index contributed by atoms with van der Waals surface area (Å²) in [4.78, 5) is 1.31. The molecule has 0 aromatic carbocycles. The van der Waals surface area contributed by atoms with Gasteiger partial charge in [-0.2, -0.15) is 0 Å². The Kier molecular flexibility index (Phi) is 4.24. The highest BCUT2D eigenvalue weighted by molar-refractivity contribution is 9.10. The van der Waals surface area contributed by atoms with E-state index in [0.717, 1.165) is 21.4 Å². The molecule has 0 bridgehead atoms. The number of furan rings is 1. The van der Waals surface area contributed by atoms with Gasteiger partial charge in [0, 0.05) is 21.3 Å². The van der Waals surface area contributed by atoms with Crippen molar-refractivity contribution >= 4 is 43.2 Å². The van der Waals surface area contributed by atoms with Crippen molar-refractivity contribution in [3.63, 3.8) is 0 Å². The van der Waals surface area contributed by atoms with E-state index >= 15 is 0 Å². The van der Waals surface area contributed by atoms with Crippen LogP contribution in [0.5, 0.6) is 0 Å². The fourth-order valence-electron chi connectivity index (χ4n) is 1.36. The molecule has 1 unspecified atom stereocenters. The second-order valence-corrected chi connectivity index (χ2v) is 6.17. The third kappa shape index (κ3) is 3.20. The molecule has 0 saturated heterocycles. The van der Waals surface area contributed by atoms with E-state index in [0.29, 0.717) is 0 Å². The molecule has 2 aromatic heterocycles. The summed E-state index contributed by atoms with van der Waals surface area (Å²) < 4.78 is 7.40. The summed E-state index contributed by atoms with van der Waals surface area (Å²) >= 11 is 8.49. The molecular formula is C11H11Br2NOS. The van der Waals surface area contributed by atoms with Crippen LogP contribution in [0.25, 0.3) is 0 Å². The summed E-state index contributed by atoms with van der Waals surface area (Å²) in [6, 6.07) is 6.23. The molecule has 86 valence electrons. The number of thiophene rings is 1. The molecule has 16 heavy (non-hydrogen) atoms. The Bertz CT molecular complexity index is 466. The van der Waals surface area contributed by atoms with E-state index in [2.05, 4.69) is 55.5 Å². The standard InChI is InChI=1S/C11H11Br2NOS/c1-7(10-2-3-11(13)15-10)14-5-9-4-8(12)6-16-9/h2-4,6-7,14H,5H2,1H3. The quantitative estimate of drug-likeness (QED) is 0.849. The van der Waals surface area contributed by atoms with Gasteiger partial charge in [0.05, 0.1) is 6.04 Å². The van der Waals surface area contributed by atoms with Gasteiger partial charge >= 0.3 is 0 Å². The zero-order valence-corrected chi connectivity index (χ0v) is 12.7. The summed E-state index contributed by atoms with van der Waals surface area (Å²) in [5.41, 5.74) is 0. The number of hydrogen-bond donors (Lipinski definition) is 1. The molecule has 2 heterocycles. The number of nitrogens with one attached hydrogen (secondary N) is 1. The van der Waals surface area contributed by atoms with E-state index < -0.39 is 0 Å². The number of hydrogen-bond acceptors (Lipinski definition) is 3. The van der Waals surface area contributed by atoms with Gasteiger partial charge in [-0.05, 0) is 57.0 Å². The summed E-state index contributed by atoms with van der Waals surface area (Å²) in [6.07, 6.45) is 0. The van der Waals surface area contributed by atoms with Crippen molar-refractivity contribution in [3.8, 4) is 0 Å². The van der Waals surface area contributed by atoms with E-state index in [-0.39, 0.29) is 6.04 Å². The predicted octanol–water partition coefficient (Wildman–Crippen LogP) is 4.72. The second-order valence-electron chi connectivity index (χ2n) is 3.48. The molecule has 0 aliphatic carbocycles. The van der Waals surface area contributed by atoms with Gasteiger partial charge in [0.1, 0.15) is 5.76 Å². The largest absolute Gasteiger partial charge is 0.453 e. The maximum absolute atomic E-state index is 5.49. The van der Waals surface area contributed by atoms with Crippen LogP contribution in [0.15, 0.2) is 37.1 Å². The molecule has 0 radical (unpaired) electrons. The highest BCUT2D eigenvalue weighted by atomic mass is 79.9. The van der Waals surface area contributed by atoms with Crippen LogP contribution in [0, 0.1) is 0 Å². The molecule has 0 aliphatic rings. The number of rotatable bonds is 4. The van der Waals surface area contributed by atoms with Crippen molar-refractivity contribution in [1.29, 1.82) is 0 Å². The van der Waals surface area contributed by atoms with Crippen molar-refractivity contribution in [3.05, 3.63) is 43.4 Å². The third-order valence-corrected chi connectivity index (χ3v) is 4.35. The third-order valence-electron chi connectivity index (χ3n) is 2.23. The number of halogens is 2. The first kappa shape index (κ1) is 12.4. The lowest BCUT2D eigenvalue weighted by molar-refractivity contribution is 0.418. The minimum absolute atomic E-state index is 0.215. The van der Waals surface area contributed by atoms with Crippen LogP contribution in [0.2, 0.25) is 0 Å². The van der Waals surface area contributed by atoms with Crippen molar-refractivity contribution in [2.45, 2.75) is 19.5 Å². The fraction of sp³-hybridized carbons (Fsp3) is 0.273. The molecule has 2 aromatic rings. The first-order chi connectivity index (χ1) is 7.65. The van der Waals surface area contributed by atoms with Crippen molar-refractivity contribution in [2.75, 3.05) is 0 Å². The molecule has 2 rings (SSSR count). The Morgan fingerprint density at radius 3 is 2.81 bits per heavy atom. The molecule has 0 amide bonds. The van der Waals surface area contributed by atoms with Gasteiger partial charge in [-0.25, -0.2) is 0 Å². The second kappa shape index (κ2) is 5.49. The van der Waals surface area contributed by atoms with Crippen LogP contribution < -0.4 is 5.32 Å². The Labute approximate surface area is 115 Å². The van der Waals surface area contributed by atoms with E-state index in [9.17, 15) is 0 Å². The summed E-state index contributed by atoms with van der Waals surface area (Å²) in [5, 5.41) is 5.51. The zero-order valence-electron chi connectivity index (χ0n) is 8.67. The average molecular weight is 365 g/mol. The first-order valence-corrected chi connectivity index (χ1v) is 7.33. The van der Waals surface area contributed by atoms with Gasteiger partial charge in [0.25, 0.3) is 0 Å². The monoisotopic (exact) mass is 363 g/mol. The van der Waals surface area contributed by atoms with Crippen LogP contribution in [-0.2, 0) is 6.54 Å². The summed E-state index contributed by atoms with van der Waals surface area (Å²) in [5.74, 6) is 0.947. The topological polar surface area (TPSA) is 25.2 Å². The van der Waals surface area contributed by atoms with Crippen LogP contribution in [0.3, 0.4) is 0 Å².